The number of cyclic esters (lactones) is 1. The van der Waals surface area contributed by atoms with Crippen LogP contribution in [-0.4, -0.2) is 47.1 Å². The molecule has 0 unspecified atom stereocenters. The van der Waals surface area contributed by atoms with E-state index < -0.39 is 0 Å². The first-order valence-electron chi connectivity index (χ1n) is 10.9. The predicted octanol–water partition coefficient (Wildman–Crippen LogP) is 3.35. The first-order chi connectivity index (χ1) is 13.7. The maximum atomic E-state index is 12.9. The number of aromatic nitrogens is 1. The number of hydrogen-bond acceptors (Lipinski definition) is 5. The lowest BCUT2D eigenvalue weighted by atomic mass is 9.57. The van der Waals surface area contributed by atoms with Crippen molar-refractivity contribution in [3.63, 3.8) is 0 Å². The average molecular weight is 402 g/mol. The van der Waals surface area contributed by atoms with Gasteiger partial charge in [0.25, 0.3) is 0 Å². The summed E-state index contributed by atoms with van der Waals surface area (Å²) in [6, 6.07) is 0. The van der Waals surface area contributed by atoms with E-state index in [9.17, 15) is 9.59 Å². The molecule has 7 nitrogen and oxygen atoms in total. The molecule has 29 heavy (non-hydrogen) atoms. The number of likely N-dealkylation sites (tertiary alicyclic amines) is 1. The van der Waals surface area contributed by atoms with E-state index in [0.717, 1.165) is 50.4 Å². The lowest BCUT2D eigenvalue weighted by Crippen LogP contribution is -2.59. The lowest BCUT2D eigenvalue weighted by molar-refractivity contribution is -0.144. The summed E-state index contributed by atoms with van der Waals surface area (Å²) in [5.41, 5.74) is 0.0295. The van der Waals surface area contributed by atoms with Crippen LogP contribution < -0.4 is 5.32 Å². The summed E-state index contributed by atoms with van der Waals surface area (Å²) in [4.78, 5) is 30.6. The summed E-state index contributed by atoms with van der Waals surface area (Å²) in [6.45, 7) is 8.46. The van der Waals surface area contributed by atoms with Crippen molar-refractivity contribution < 1.29 is 18.7 Å². The van der Waals surface area contributed by atoms with Gasteiger partial charge in [0.15, 0.2) is 5.89 Å². The van der Waals surface area contributed by atoms with Crippen molar-refractivity contribution in [2.24, 2.45) is 11.3 Å². The molecule has 2 aliphatic carbocycles. The van der Waals surface area contributed by atoms with E-state index in [4.69, 9.17) is 9.15 Å². The summed E-state index contributed by atoms with van der Waals surface area (Å²) in [5, 5.41) is 2.87. The Labute approximate surface area is 171 Å². The molecule has 2 saturated heterocycles. The highest BCUT2D eigenvalue weighted by atomic mass is 16.6. The van der Waals surface area contributed by atoms with E-state index in [2.05, 4.69) is 31.1 Å². The number of nitrogens with one attached hydrogen (secondary N) is 1. The first-order valence-corrected chi connectivity index (χ1v) is 10.9. The lowest BCUT2D eigenvalue weighted by Gasteiger charge is -2.52. The van der Waals surface area contributed by atoms with Gasteiger partial charge < -0.3 is 19.4 Å². The van der Waals surface area contributed by atoms with Crippen molar-refractivity contribution in [1.29, 1.82) is 0 Å². The average Bonchev–Trinajstić information content (AvgIpc) is 3.25. The van der Waals surface area contributed by atoms with Crippen LogP contribution in [0.15, 0.2) is 10.6 Å². The van der Waals surface area contributed by atoms with Crippen molar-refractivity contribution >= 4 is 12.0 Å². The van der Waals surface area contributed by atoms with Crippen LogP contribution in [0.4, 0.5) is 4.79 Å². The van der Waals surface area contributed by atoms with E-state index in [1.165, 1.54) is 0 Å². The van der Waals surface area contributed by atoms with Gasteiger partial charge in [0.2, 0.25) is 5.91 Å². The maximum Gasteiger partial charge on any atom is 0.407 e. The molecule has 2 spiro atoms. The Morgan fingerprint density at radius 2 is 1.90 bits per heavy atom. The van der Waals surface area contributed by atoms with E-state index in [0.29, 0.717) is 30.8 Å². The monoisotopic (exact) mass is 401 g/mol. The molecule has 2 amide bonds. The summed E-state index contributed by atoms with van der Waals surface area (Å²) in [6.07, 6.45) is 7.42. The van der Waals surface area contributed by atoms with Crippen LogP contribution in [0.5, 0.6) is 0 Å². The Kier molecular flexibility index (Phi) is 4.07. The number of alkyl carbamates (subject to hydrolysis) is 1. The minimum Gasteiger partial charge on any atom is -0.447 e. The van der Waals surface area contributed by atoms with Crippen LogP contribution >= 0.6 is 0 Å². The number of hydrogen-bond donors (Lipinski definition) is 1. The zero-order chi connectivity index (χ0) is 20.4. The molecule has 0 radical (unpaired) electrons. The van der Waals surface area contributed by atoms with Gasteiger partial charge in [-0.25, -0.2) is 9.78 Å². The fourth-order valence-electron chi connectivity index (χ4n) is 5.65. The molecule has 0 atom stereocenters. The fraction of sp³-hybridized carbons (Fsp3) is 0.773. The van der Waals surface area contributed by atoms with Gasteiger partial charge in [-0.1, -0.05) is 20.8 Å². The van der Waals surface area contributed by atoms with E-state index in [1.54, 1.807) is 0 Å². The quantitative estimate of drug-likeness (QED) is 0.821. The Bertz CT molecular complexity index is 817. The number of piperidine rings is 1. The van der Waals surface area contributed by atoms with Gasteiger partial charge in [-0.3, -0.25) is 4.79 Å². The molecule has 1 N–H and O–H groups in total. The van der Waals surface area contributed by atoms with Crippen LogP contribution in [0.25, 0.3) is 0 Å². The Morgan fingerprint density at radius 1 is 1.21 bits per heavy atom. The molecular weight excluding hydrogens is 370 g/mol. The zero-order valence-corrected chi connectivity index (χ0v) is 17.6. The smallest absolute Gasteiger partial charge is 0.407 e. The second-order valence-electron chi connectivity index (χ2n) is 10.8. The number of nitrogens with zero attached hydrogens (tertiary/aromatic N) is 2. The Balaban J connectivity index is 1.11. The molecule has 0 aromatic carbocycles. The molecule has 1 aromatic rings. The largest absolute Gasteiger partial charge is 0.447 e. The van der Waals surface area contributed by atoms with Crippen LogP contribution in [0.3, 0.4) is 0 Å². The van der Waals surface area contributed by atoms with Crippen molar-refractivity contribution in [3.05, 3.63) is 17.8 Å². The van der Waals surface area contributed by atoms with E-state index >= 15 is 0 Å². The summed E-state index contributed by atoms with van der Waals surface area (Å²) in [7, 11) is 0. The SMILES string of the molecule is CC(C)(C)c1ncc(C2CC3(CCN(C(=O)C4CC5(COC(=O)N5)C4)CC3)C2)o1. The second kappa shape index (κ2) is 6.22. The van der Waals surface area contributed by atoms with Gasteiger partial charge in [0.1, 0.15) is 12.4 Å². The Hall–Kier alpha value is -2.05. The van der Waals surface area contributed by atoms with Crippen LogP contribution in [0, 0.1) is 11.3 Å². The van der Waals surface area contributed by atoms with Crippen molar-refractivity contribution in [2.45, 2.75) is 76.2 Å². The molecule has 1 aromatic heterocycles. The predicted molar refractivity (Wildman–Crippen MR) is 105 cm³/mol. The number of rotatable bonds is 2. The third kappa shape index (κ3) is 3.22. The summed E-state index contributed by atoms with van der Waals surface area (Å²) < 4.78 is 11.0. The normalized spacial score (nSPS) is 28.0. The molecule has 7 heteroatoms. The van der Waals surface area contributed by atoms with Gasteiger partial charge in [-0.05, 0) is 43.9 Å². The molecule has 5 rings (SSSR count). The molecule has 2 aliphatic heterocycles. The standard InChI is InChI=1S/C22H31N3O4/c1-20(2,3)18-23-12-16(29-18)14-8-21(9-14)4-6-25(7-5-21)17(26)15-10-22(11-15)13-28-19(27)24-22/h12,14-15H,4-11,13H2,1-3H3,(H,24,27). The highest BCUT2D eigenvalue weighted by Crippen LogP contribution is 2.57. The van der Waals surface area contributed by atoms with Crippen molar-refractivity contribution in [2.75, 3.05) is 19.7 Å². The summed E-state index contributed by atoms with van der Waals surface area (Å²) in [5.74, 6) is 2.60. The highest BCUT2D eigenvalue weighted by molar-refractivity contribution is 5.81. The highest BCUT2D eigenvalue weighted by Gasteiger charge is 2.54. The summed E-state index contributed by atoms with van der Waals surface area (Å²) >= 11 is 0. The van der Waals surface area contributed by atoms with Crippen LogP contribution in [0.1, 0.15) is 76.9 Å². The molecule has 3 heterocycles. The number of amides is 2. The minimum atomic E-state index is -0.350. The van der Waals surface area contributed by atoms with Crippen LogP contribution in [0.2, 0.25) is 0 Å². The minimum absolute atomic E-state index is 0.0326. The number of carbonyl (C=O) groups is 2. The van der Waals surface area contributed by atoms with Crippen molar-refractivity contribution in [1.82, 2.24) is 15.2 Å². The molecule has 158 valence electrons. The second-order valence-corrected chi connectivity index (χ2v) is 10.8. The molecule has 4 fully saturated rings. The van der Waals surface area contributed by atoms with Gasteiger partial charge in [0.05, 0.1) is 11.7 Å². The Morgan fingerprint density at radius 3 is 2.45 bits per heavy atom. The third-order valence-electron chi connectivity index (χ3n) is 7.53. The van der Waals surface area contributed by atoms with Crippen molar-refractivity contribution in [3.8, 4) is 0 Å². The number of ether oxygens (including phenoxy) is 1. The van der Waals surface area contributed by atoms with Crippen LogP contribution in [-0.2, 0) is 14.9 Å². The molecule has 2 saturated carbocycles. The first kappa shape index (κ1) is 18.9. The zero-order valence-electron chi connectivity index (χ0n) is 17.6. The van der Waals surface area contributed by atoms with Gasteiger partial charge >= 0.3 is 6.09 Å². The van der Waals surface area contributed by atoms with E-state index in [1.807, 2.05) is 11.1 Å². The molecule has 0 bridgehead atoms. The molecule has 4 aliphatic rings. The maximum absolute atomic E-state index is 12.9. The van der Waals surface area contributed by atoms with Gasteiger partial charge in [-0.15, -0.1) is 0 Å². The fourth-order valence-corrected chi connectivity index (χ4v) is 5.65. The van der Waals surface area contributed by atoms with Gasteiger partial charge in [-0.2, -0.15) is 0 Å². The van der Waals surface area contributed by atoms with Gasteiger partial charge in [0, 0.05) is 30.3 Å². The number of carbonyl (C=O) groups excluding carboxylic acids is 2. The topological polar surface area (TPSA) is 84.7 Å². The number of oxazole rings is 1. The molecular formula is C22H31N3O4. The van der Waals surface area contributed by atoms with E-state index in [-0.39, 0.29) is 28.9 Å². The third-order valence-corrected chi connectivity index (χ3v) is 7.53.